The second kappa shape index (κ2) is 5.63. The molecule has 1 fully saturated rings. The monoisotopic (exact) mass is 269 g/mol. The molecule has 0 radical (unpaired) electrons. The van der Waals surface area contributed by atoms with Crippen molar-refractivity contribution in [1.29, 1.82) is 0 Å². The number of hydrogen-bond acceptors (Lipinski definition) is 2. The molecule has 20 heavy (non-hydrogen) atoms. The van der Waals surface area contributed by atoms with Crippen LogP contribution in [0.4, 0.5) is 0 Å². The van der Waals surface area contributed by atoms with Gasteiger partial charge in [0.15, 0.2) is 0 Å². The van der Waals surface area contributed by atoms with Crippen LogP contribution in [-0.4, -0.2) is 35.1 Å². The Bertz CT molecular complexity index is 618. The Hall–Kier alpha value is -1.87. The first-order chi connectivity index (χ1) is 9.79. The van der Waals surface area contributed by atoms with E-state index in [4.69, 9.17) is 0 Å². The highest BCUT2D eigenvalue weighted by molar-refractivity contribution is 5.90. The predicted octanol–water partition coefficient (Wildman–Crippen LogP) is 2.37. The number of carbonyl (C=O) groups is 1. The van der Waals surface area contributed by atoms with Crippen molar-refractivity contribution in [1.82, 2.24) is 4.90 Å². The number of likely N-dealkylation sites (tertiary alicyclic amines) is 1. The molecular formula is C17H19NO2. The van der Waals surface area contributed by atoms with Gasteiger partial charge < -0.3 is 10.0 Å². The first-order valence-electron chi connectivity index (χ1n) is 7.16. The van der Waals surface area contributed by atoms with Gasteiger partial charge in [-0.05, 0) is 29.2 Å². The topological polar surface area (TPSA) is 40.5 Å². The van der Waals surface area contributed by atoms with E-state index in [0.717, 1.165) is 35.7 Å². The molecule has 1 atom stereocenters. The van der Waals surface area contributed by atoms with E-state index < -0.39 is 0 Å². The summed E-state index contributed by atoms with van der Waals surface area (Å²) >= 11 is 0. The molecule has 0 unspecified atom stereocenters. The molecular weight excluding hydrogens is 250 g/mol. The molecule has 3 nitrogen and oxygen atoms in total. The minimum absolute atomic E-state index is 0.0116. The molecule has 0 aromatic heterocycles. The van der Waals surface area contributed by atoms with Crippen molar-refractivity contribution < 1.29 is 9.90 Å². The minimum Gasteiger partial charge on any atom is -0.394 e. The van der Waals surface area contributed by atoms with Crippen molar-refractivity contribution in [3.8, 4) is 0 Å². The van der Waals surface area contributed by atoms with Crippen LogP contribution in [0.15, 0.2) is 42.5 Å². The second-order valence-corrected chi connectivity index (χ2v) is 5.38. The molecule has 1 amide bonds. The van der Waals surface area contributed by atoms with Crippen molar-refractivity contribution >= 4 is 16.7 Å². The Morgan fingerprint density at radius 3 is 2.85 bits per heavy atom. The number of aliphatic hydroxyl groups is 1. The third kappa shape index (κ3) is 2.41. The molecule has 1 heterocycles. The van der Waals surface area contributed by atoms with Crippen molar-refractivity contribution in [3.05, 3.63) is 48.0 Å². The lowest BCUT2D eigenvalue weighted by Gasteiger charge is -2.23. The summed E-state index contributed by atoms with van der Waals surface area (Å²) in [6.45, 7) is 0.843. The van der Waals surface area contributed by atoms with Gasteiger partial charge in [0.2, 0.25) is 5.91 Å². The molecule has 1 aliphatic rings. The third-order valence-electron chi connectivity index (χ3n) is 4.13. The number of aliphatic hydroxyl groups excluding tert-OH is 1. The lowest BCUT2D eigenvalue weighted by atomic mass is 10.0. The van der Waals surface area contributed by atoms with E-state index in [0.29, 0.717) is 6.42 Å². The van der Waals surface area contributed by atoms with E-state index in [1.165, 1.54) is 0 Å². The molecule has 104 valence electrons. The lowest BCUT2D eigenvalue weighted by molar-refractivity contribution is -0.131. The largest absolute Gasteiger partial charge is 0.394 e. The van der Waals surface area contributed by atoms with Gasteiger partial charge in [-0.2, -0.15) is 0 Å². The van der Waals surface area contributed by atoms with Gasteiger partial charge in [0, 0.05) is 6.54 Å². The van der Waals surface area contributed by atoms with E-state index in [-0.39, 0.29) is 18.6 Å². The molecule has 0 saturated carbocycles. The van der Waals surface area contributed by atoms with Crippen LogP contribution >= 0.6 is 0 Å². The van der Waals surface area contributed by atoms with Gasteiger partial charge in [-0.3, -0.25) is 4.79 Å². The normalized spacial score (nSPS) is 18.6. The van der Waals surface area contributed by atoms with Crippen molar-refractivity contribution in [2.45, 2.75) is 25.3 Å². The number of amides is 1. The molecule has 3 rings (SSSR count). The zero-order valence-electron chi connectivity index (χ0n) is 11.5. The molecule has 2 aromatic rings. The van der Waals surface area contributed by atoms with Crippen LogP contribution in [0.3, 0.4) is 0 Å². The minimum atomic E-state index is 0.0116. The summed E-state index contributed by atoms with van der Waals surface area (Å²) in [7, 11) is 0. The lowest BCUT2D eigenvalue weighted by Crippen LogP contribution is -2.38. The SMILES string of the molecule is O=C(Cc1cccc2ccccc12)N1CCC[C@H]1CO. The molecule has 3 heteroatoms. The highest BCUT2D eigenvalue weighted by Crippen LogP contribution is 2.22. The van der Waals surface area contributed by atoms with Crippen LogP contribution in [0.1, 0.15) is 18.4 Å². The summed E-state index contributed by atoms with van der Waals surface area (Å²) in [5.41, 5.74) is 1.07. The summed E-state index contributed by atoms with van der Waals surface area (Å²) in [5, 5.41) is 11.6. The van der Waals surface area contributed by atoms with E-state index in [1.807, 2.05) is 29.2 Å². The first-order valence-corrected chi connectivity index (χ1v) is 7.16. The number of nitrogens with zero attached hydrogens (tertiary/aromatic N) is 1. The maximum absolute atomic E-state index is 12.4. The zero-order valence-corrected chi connectivity index (χ0v) is 11.5. The summed E-state index contributed by atoms with van der Waals surface area (Å²) in [6.07, 6.45) is 2.32. The van der Waals surface area contributed by atoms with Crippen molar-refractivity contribution in [2.24, 2.45) is 0 Å². The van der Waals surface area contributed by atoms with E-state index in [2.05, 4.69) is 18.2 Å². The average Bonchev–Trinajstić information content (AvgIpc) is 2.96. The first kappa shape index (κ1) is 13.1. The summed E-state index contributed by atoms with van der Waals surface area (Å²) in [6, 6.07) is 14.2. The van der Waals surface area contributed by atoms with Crippen LogP contribution in [0.25, 0.3) is 10.8 Å². The van der Waals surface area contributed by atoms with E-state index >= 15 is 0 Å². The van der Waals surface area contributed by atoms with Crippen LogP contribution in [0.5, 0.6) is 0 Å². The summed E-state index contributed by atoms with van der Waals surface area (Å²) in [4.78, 5) is 14.3. The van der Waals surface area contributed by atoms with E-state index in [1.54, 1.807) is 0 Å². The molecule has 1 saturated heterocycles. The Labute approximate surface area is 118 Å². The van der Waals surface area contributed by atoms with Crippen molar-refractivity contribution in [2.75, 3.05) is 13.2 Å². The molecule has 1 N–H and O–H groups in total. The number of rotatable bonds is 3. The number of benzene rings is 2. The second-order valence-electron chi connectivity index (χ2n) is 5.38. The summed E-state index contributed by atoms with van der Waals surface area (Å²) in [5.74, 6) is 0.123. The van der Waals surface area contributed by atoms with Gasteiger partial charge in [-0.15, -0.1) is 0 Å². The quantitative estimate of drug-likeness (QED) is 0.929. The third-order valence-corrected chi connectivity index (χ3v) is 4.13. The van der Waals surface area contributed by atoms with Gasteiger partial charge in [-0.25, -0.2) is 0 Å². The molecule has 0 aliphatic carbocycles. The maximum Gasteiger partial charge on any atom is 0.227 e. The van der Waals surface area contributed by atoms with Crippen LogP contribution in [-0.2, 0) is 11.2 Å². The predicted molar refractivity (Wildman–Crippen MR) is 79.5 cm³/mol. The number of carbonyl (C=O) groups excluding carboxylic acids is 1. The highest BCUT2D eigenvalue weighted by atomic mass is 16.3. The standard InChI is InChI=1S/C17H19NO2/c19-12-15-8-4-10-18(15)17(20)11-14-7-3-6-13-5-1-2-9-16(13)14/h1-3,5-7,9,15,19H,4,8,10-12H2/t15-/m0/s1. The van der Waals surface area contributed by atoms with Gasteiger partial charge in [-0.1, -0.05) is 42.5 Å². The van der Waals surface area contributed by atoms with Gasteiger partial charge in [0.25, 0.3) is 0 Å². The molecule has 1 aliphatic heterocycles. The fraction of sp³-hybridized carbons (Fsp3) is 0.353. The molecule has 0 bridgehead atoms. The average molecular weight is 269 g/mol. The Balaban J connectivity index is 1.84. The number of hydrogen-bond donors (Lipinski definition) is 1. The van der Waals surface area contributed by atoms with E-state index in [9.17, 15) is 9.90 Å². The Kier molecular flexibility index (Phi) is 3.70. The molecule has 0 spiro atoms. The fourth-order valence-corrected chi connectivity index (χ4v) is 3.06. The number of fused-ring (bicyclic) bond motifs is 1. The van der Waals surface area contributed by atoms with Crippen LogP contribution in [0.2, 0.25) is 0 Å². The maximum atomic E-state index is 12.4. The van der Waals surface area contributed by atoms with Crippen molar-refractivity contribution in [3.63, 3.8) is 0 Å². The van der Waals surface area contributed by atoms with Crippen LogP contribution in [0, 0.1) is 0 Å². The summed E-state index contributed by atoms with van der Waals surface area (Å²) < 4.78 is 0. The molecule has 2 aromatic carbocycles. The van der Waals surface area contributed by atoms with Gasteiger partial charge in [0.05, 0.1) is 19.1 Å². The highest BCUT2D eigenvalue weighted by Gasteiger charge is 2.27. The Morgan fingerprint density at radius 1 is 1.20 bits per heavy atom. The zero-order chi connectivity index (χ0) is 13.9. The Morgan fingerprint density at radius 2 is 2.00 bits per heavy atom. The fourth-order valence-electron chi connectivity index (χ4n) is 3.06. The van der Waals surface area contributed by atoms with Crippen LogP contribution < -0.4 is 0 Å². The smallest absolute Gasteiger partial charge is 0.227 e. The van der Waals surface area contributed by atoms with Gasteiger partial charge >= 0.3 is 0 Å². The van der Waals surface area contributed by atoms with Gasteiger partial charge in [0.1, 0.15) is 0 Å².